The summed E-state index contributed by atoms with van der Waals surface area (Å²) >= 11 is 1.57. The maximum atomic E-state index is 13.1. The van der Waals surface area contributed by atoms with E-state index >= 15 is 0 Å². The van der Waals surface area contributed by atoms with Crippen LogP contribution in [0.1, 0.15) is 23.8 Å². The highest BCUT2D eigenvalue weighted by Gasteiger charge is 2.10. The Balaban J connectivity index is 2.12. The van der Waals surface area contributed by atoms with Gasteiger partial charge in [0.05, 0.1) is 0 Å². The summed E-state index contributed by atoms with van der Waals surface area (Å²) in [5.74, 6) is -0.196. The number of benzene rings is 1. The number of nitrogens with two attached hydrogens (primary N) is 1. The average molecular weight is 253 g/mol. The normalized spacial score (nSPS) is 13.1. The van der Waals surface area contributed by atoms with E-state index < -0.39 is 0 Å². The monoisotopic (exact) mass is 253 g/mol. The van der Waals surface area contributed by atoms with Gasteiger partial charge < -0.3 is 10.5 Å². The lowest BCUT2D eigenvalue weighted by atomic mass is 10.1. The van der Waals surface area contributed by atoms with Gasteiger partial charge in [-0.2, -0.15) is 0 Å². The van der Waals surface area contributed by atoms with E-state index in [0.29, 0.717) is 0 Å². The molecular formula is C13H16FNOS. The van der Waals surface area contributed by atoms with E-state index in [4.69, 9.17) is 10.5 Å². The van der Waals surface area contributed by atoms with Crippen LogP contribution in [0.3, 0.4) is 0 Å². The fraction of sp³-hybridized carbons (Fsp3) is 0.385. The first-order valence-electron chi connectivity index (χ1n) is 5.64. The molecule has 1 aromatic carbocycles. The number of ether oxygens (including phenoxy) is 1. The van der Waals surface area contributed by atoms with Gasteiger partial charge in [-0.1, -0.05) is 6.07 Å². The third-order valence-electron chi connectivity index (χ3n) is 2.73. The Bertz CT molecular complexity index is 497. The standard InChI is InChI=1S/C13H16FNOS/c1-16-6-2-3-11(15)13-7-9-4-5-10(14)8-12(9)17-13/h4-5,7-8,11H,2-3,6,15H2,1H3. The van der Waals surface area contributed by atoms with Gasteiger partial charge in [0.1, 0.15) is 5.82 Å². The Morgan fingerprint density at radius 1 is 1.41 bits per heavy atom. The summed E-state index contributed by atoms with van der Waals surface area (Å²) < 4.78 is 19.0. The summed E-state index contributed by atoms with van der Waals surface area (Å²) in [7, 11) is 1.69. The number of halogens is 1. The molecule has 0 radical (unpaired) electrons. The second kappa shape index (κ2) is 5.58. The van der Waals surface area contributed by atoms with E-state index in [0.717, 1.165) is 34.4 Å². The first-order valence-corrected chi connectivity index (χ1v) is 6.46. The van der Waals surface area contributed by atoms with Crippen LogP contribution < -0.4 is 5.73 Å². The lowest BCUT2D eigenvalue weighted by molar-refractivity contribution is 0.190. The Morgan fingerprint density at radius 2 is 2.24 bits per heavy atom. The Kier molecular flexibility index (Phi) is 4.10. The van der Waals surface area contributed by atoms with Crippen LogP contribution in [0.15, 0.2) is 24.3 Å². The van der Waals surface area contributed by atoms with Crippen molar-refractivity contribution >= 4 is 21.4 Å². The molecule has 2 rings (SSSR count). The topological polar surface area (TPSA) is 35.2 Å². The minimum absolute atomic E-state index is 0.0191. The SMILES string of the molecule is COCCCC(N)c1cc2ccc(F)cc2s1. The molecule has 0 saturated carbocycles. The molecule has 4 heteroatoms. The fourth-order valence-electron chi connectivity index (χ4n) is 1.80. The van der Waals surface area contributed by atoms with Crippen molar-refractivity contribution < 1.29 is 9.13 Å². The number of methoxy groups -OCH3 is 1. The second-order valence-electron chi connectivity index (χ2n) is 4.07. The largest absolute Gasteiger partial charge is 0.385 e. The van der Waals surface area contributed by atoms with Gasteiger partial charge in [-0.15, -0.1) is 11.3 Å². The zero-order valence-electron chi connectivity index (χ0n) is 9.78. The van der Waals surface area contributed by atoms with Gasteiger partial charge in [0.2, 0.25) is 0 Å². The van der Waals surface area contributed by atoms with Gasteiger partial charge in [0.25, 0.3) is 0 Å². The molecule has 0 spiro atoms. The van der Waals surface area contributed by atoms with E-state index in [2.05, 4.69) is 6.07 Å². The molecule has 0 saturated heterocycles. The number of rotatable bonds is 5. The minimum Gasteiger partial charge on any atom is -0.385 e. The van der Waals surface area contributed by atoms with E-state index in [1.807, 2.05) is 0 Å². The molecule has 92 valence electrons. The smallest absolute Gasteiger partial charge is 0.124 e. The van der Waals surface area contributed by atoms with Crippen molar-refractivity contribution in [2.75, 3.05) is 13.7 Å². The van der Waals surface area contributed by atoms with Crippen molar-refractivity contribution in [1.29, 1.82) is 0 Å². The molecule has 0 aliphatic rings. The molecule has 0 amide bonds. The summed E-state index contributed by atoms with van der Waals surface area (Å²) in [5, 5.41) is 1.06. The summed E-state index contributed by atoms with van der Waals surface area (Å²) in [6, 6.07) is 6.91. The highest BCUT2D eigenvalue weighted by atomic mass is 32.1. The van der Waals surface area contributed by atoms with Crippen molar-refractivity contribution in [2.45, 2.75) is 18.9 Å². The highest BCUT2D eigenvalue weighted by Crippen LogP contribution is 2.31. The zero-order chi connectivity index (χ0) is 12.3. The van der Waals surface area contributed by atoms with E-state index in [-0.39, 0.29) is 11.9 Å². The molecule has 0 aliphatic carbocycles. The number of hydrogen-bond acceptors (Lipinski definition) is 3. The molecule has 1 atom stereocenters. The predicted octanol–water partition coefficient (Wildman–Crippen LogP) is 3.47. The van der Waals surface area contributed by atoms with Crippen LogP contribution in [0.25, 0.3) is 10.1 Å². The molecular weight excluding hydrogens is 237 g/mol. The van der Waals surface area contributed by atoms with Gasteiger partial charge in [0, 0.05) is 29.3 Å². The van der Waals surface area contributed by atoms with Crippen LogP contribution in [0, 0.1) is 5.82 Å². The van der Waals surface area contributed by atoms with Crippen LogP contribution in [0.5, 0.6) is 0 Å². The molecule has 17 heavy (non-hydrogen) atoms. The van der Waals surface area contributed by atoms with Crippen LogP contribution >= 0.6 is 11.3 Å². The van der Waals surface area contributed by atoms with E-state index in [1.165, 1.54) is 6.07 Å². The molecule has 1 unspecified atom stereocenters. The van der Waals surface area contributed by atoms with E-state index in [9.17, 15) is 4.39 Å². The van der Waals surface area contributed by atoms with Crippen molar-refractivity contribution in [1.82, 2.24) is 0 Å². The van der Waals surface area contributed by atoms with Crippen LogP contribution in [0.4, 0.5) is 4.39 Å². The first-order chi connectivity index (χ1) is 8.20. The molecule has 2 nitrogen and oxygen atoms in total. The Labute approximate surface area is 104 Å². The van der Waals surface area contributed by atoms with Crippen LogP contribution in [-0.4, -0.2) is 13.7 Å². The van der Waals surface area contributed by atoms with Gasteiger partial charge in [0.15, 0.2) is 0 Å². The molecule has 0 fully saturated rings. The molecule has 1 aromatic heterocycles. The minimum atomic E-state index is -0.196. The number of thiophene rings is 1. The summed E-state index contributed by atoms with van der Waals surface area (Å²) in [6.07, 6.45) is 1.84. The summed E-state index contributed by atoms with van der Waals surface area (Å²) in [6.45, 7) is 0.729. The van der Waals surface area contributed by atoms with Gasteiger partial charge in [-0.25, -0.2) is 4.39 Å². The maximum Gasteiger partial charge on any atom is 0.124 e. The second-order valence-corrected chi connectivity index (χ2v) is 5.19. The van der Waals surface area contributed by atoms with Crippen LogP contribution in [0.2, 0.25) is 0 Å². The van der Waals surface area contributed by atoms with Crippen molar-refractivity contribution in [3.8, 4) is 0 Å². The number of fused-ring (bicyclic) bond motifs is 1. The lowest BCUT2D eigenvalue weighted by Gasteiger charge is -2.08. The summed E-state index contributed by atoms with van der Waals surface area (Å²) in [5.41, 5.74) is 6.10. The first kappa shape index (κ1) is 12.5. The van der Waals surface area contributed by atoms with Gasteiger partial charge in [-0.3, -0.25) is 0 Å². The molecule has 2 aromatic rings. The third-order valence-corrected chi connectivity index (χ3v) is 3.96. The molecule has 2 N–H and O–H groups in total. The Morgan fingerprint density at radius 3 is 3.00 bits per heavy atom. The Hall–Kier alpha value is -0.970. The summed E-state index contributed by atoms with van der Waals surface area (Å²) in [4.78, 5) is 1.11. The van der Waals surface area contributed by atoms with Crippen molar-refractivity contribution in [3.05, 3.63) is 35.0 Å². The van der Waals surface area contributed by atoms with Crippen LogP contribution in [-0.2, 0) is 4.74 Å². The third kappa shape index (κ3) is 3.03. The lowest BCUT2D eigenvalue weighted by Crippen LogP contribution is -2.09. The average Bonchev–Trinajstić information content (AvgIpc) is 2.72. The quantitative estimate of drug-likeness (QED) is 0.828. The molecule has 0 aliphatic heterocycles. The van der Waals surface area contributed by atoms with Crippen molar-refractivity contribution in [2.24, 2.45) is 5.73 Å². The molecule has 0 bridgehead atoms. The zero-order valence-corrected chi connectivity index (χ0v) is 10.6. The fourth-order valence-corrected chi connectivity index (χ4v) is 2.92. The highest BCUT2D eigenvalue weighted by molar-refractivity contribution is 7.19. The van der Waals surface area contributed by atoms with E-state index in [1.54, 1.807) is 30.6 Å². The van der Waals surface area contributed by atoms with Gasteiger partial charge >= 0.3 is 0 Å². The van der Waals surface area contributed by atoms with Gasteiger partial charge in [-0.05, 0) is 36.4 Å². The van der Waals surface area contributed by atoms with Crippen molar-refractivity contribution in [3.63, 3.8) is 0 Å². The number of hydrogen-bond donors (Lipinski definition) is 1. The maximum absolute atomic E-state index is 13.1. The molecule has 1 heterocycles. The predicted molar refractivity (Wildman–Crippen MR) is 69.8 cm³/mol.